The number of rotatable bonds is 7. The maximum Gasteiger partial charge on any atom is 0.271 e. The molecule has 136 valence electrons. The summed E-state index contributed by atoms with van der Waals surface area (Å²) in [5.74, 6) is 0.720. The van der Waals surface area contributed by atoms with Crippen molar-refractivity contribution in [3.05, 3.63) is 53.6 Å². The zero-order valence-electron chi connectivity index (χ0n) is 14.9. The third-order valence-electron chi connectivity index (χ3n) is 3.33. The third kappa shape index (κ3) is 5.34. The van der Waals surface area contributed by atoms with E-state index >= 15 is 0 Å². The lowest BCUT2D eigenvalue weighted by Gasteiger charge is -2.09. The van der Waals surface area contributed by atoms with Crippen LogP contribution in [0.25, 0.3) is 0 Å². The second kappa shape index (κ2) is 9.22. The quantitative estimate of drug-likeness (QED) is 0.590. The van der Waals surface area contributed by atoms with Crippen LogP contribution in [-0.4, -0.2) is 31.7 Å². The molecule has 2 aromatic carbocycles. The minimum absolute atomic E-state index is 0.169. The number of hydrazone groups is 1. The first-order valence-electron chi connectivity index (χ1n) is 8.05. The van der Waals surface area contributed by atoms with Crippen LogP contribution in [0.3, 0.4) is 0 Å². The van der Waals surface area contributed by atoms with Gasteiger partial charge in [0.15, 0.2) is 11.5 Å². The molecular weight excluding hydrogens is 334 g/mol. The topological polar surface area (TPSA) is 89.0 Å². The summed E-state index contributed by atoms with van der Waals surface area (Å²) in [4.78, 5) is 23.1. The lowest BCUT2D eigenvalue weighted by atomic mass is 10.2. The standard InChI is InChI=1S/C19H21N3O4/c1-4-26-17-10-5-14(11-18(17)25-3)12-20-22-19(24)15-6-8-16(9-7-15)21-13(2)23/h5-12H,4H2,1-3H3,(H,21,23)(H,22,24). The molecule has 2 amide bonds. The van der Waals surface area contributed by atoms with Gasteiger partial charge in [0.25, 0.3) is 5.91 Å². The van der Waals surface area contributed by atoms with Crippen LogP contribution >= 0.6 is 0 Å². The first-order valence-corrected chi connectivity index (χ1v) is 8.05. The highest BCUT2D eigenvalue weighted by Gasteiger charge is 2.06. The number of anilines is 1. The fourth-order valence-corrected chi connectivity index (χ4v) is 2.18. The Kier molecular flexibility index (Phi) is 6.73. The highest BCUT2D eigenvalue weighted by Crippen LogP contribution is 2.27. The second-order valence-corrected chi connectivity index (χ2v) is 5.30. The van der Waals surface area contributed by atoms with E-state index < -0.39 is 0 Å². The lowest BCUT2D eigenvalue weighted by molar-refractivity contribution is -0.114. The molecule has 0 radical (unpaired) electrons. The molecule has 0 aliphatic heterocycles. The van der Waals surface area contributed by atoms with Crippen LogP contribution in [-0.2, 0) is 4.79 Å². The van der Waals surface area contributed by atoms with Gasteiger partial charge in [-0.3, -0.25) is 9.59 Å². The van der Waals surface area contributed by atoms with Gasteiger partial charge < -0.3 is 14.8 Å². The van der Waals surface area contributed by atoms with Crippen molar-refractivity contribution in [3.8, 4) is 11.5 Å². The molecule has 0 aliphatic rings. The molecule has 0 fully saturated rings. The highest BCUT2D eigenvalue weighted by molar-refractivity contribution is 5.96. The van der Waals surface area contributed by atoms with Crippen LogP contribution in [0.1, 0.15) is 29.8 Å². The maximum atomic E-state index is 12.1. The second-order valence-electron chi connectivity index (χ2n) is 5.30. The number of hydrogen-bond acceptors (Lipinski definition) is 5. The lowest BCUT2D eigenvalue weighted by Crippen LogP contribution is -2.17. The number of hydrogen-bond donors (Lipinski definition) is 2. The number of benzene rings is 2. The monoisotopic (exact) mass is 355 g/mol. The van der Waals surface area contributed by atoms with Crippen molar-refractivity contribution in [3.63, 3.8) is 0 Å². The van der Waals surface area contributed by atoms with Crippen molar-refractivity contribution in [2.75, 3.05) is 19.0 Å². The summed E-state index contributed by atoms with van der Waals surface area (Å²) in [6.07, 6.45) is 1.52. The molecule has 2 rings (SSSR count). The van der Waals surface area contributed by atoms with Crippen molar-refractivity contribution in [2.45, 2.75) is 13.8 Å². The Morgan fingerprint density at radius 3 is 2.46 bits per heavy atom. The molecule has 0 saturated carbocycles. The summed E-state index contributed by atoms with van der Waals surface area (Å²) in [6.45, 7) is 3.86. The smallest absolute Gasteiger partial charge is 0.271 e. The Bertz CT molecular complexity index is 801. The van der Waals surface area contributed by atoms with E-state index in [1.165, 1.54) is 13.1 Å². The number of methoxy groups -OCH3 is 1. The van der Waals surface area contributed by atoms with Gasteiger partial charge >= 0.3 is 0 Å². The number of amides is 2. The van der Waals surface area contributed by atoms with Gasteiger partial charge in [0.1, 0.15) is 0 Å². The van der Waals surface area contributed by atoms with Gasteiger partial charge in [0, 0.05) is 18.2 Å². The molecule has 0 aromatic heterocycles. The maximum absolute atomic E-state index is 12.1. The van der Waals surface area contributed by atoms with Crippen LogP contribution in [0.15, 0.2) is 47.6 Å². The van der Waals surface area contributed by atoms with E-state index in [0.717, 1.165) is 5.56 Å². The number of ether oxygens (including phenoxy) is 2. The molecular formula is C19H21N3O4. The Morgan fingerprint density at radius 2 is 1.85 bits per heavy atom. The molecule has 7 heteroatoms. The van der Waals surface area contributed by atoms with Gasteiger partial charge in [-0.05, 0) is 55.0 Å². The normalized spacial score (nSPS) is 10.4. The summed E-state index contributed by atoms with van der Waals surface area (Å²) < 4.78 is 10.7. The average Bonchev–Trinajstić information content (AvgIpc) is 2.63. The number of nitrogens with zero attached hydrogens (tertiary/aromatic N) is 1. The fraction of sp³-hybridized carbons (Fsp3) is 0.211. The molecule has 7 nitrogen and oxygen atoms in total. The van der Waals surface area contributed by atoms with E-state index in [0.29, 0.717) is 29.4 Å². The molecule has 0 unspecified atom stereocenters. The van der Waals surface area contributed by atoms with E-state index in [-0.39, 0.29) is 11.8 Å². The largest absolute Gasteiger partial charge is 0.493 e. The summed E-state index contributed by atoms with van der Waals surface area (Å²) in [7, 11) is 1.56. The van der Waals surface area contributed by atoms with Crippen LogP contribution < -0.4 is 20.2 Å². The van der Waals surface area contributed by atoms with Crippen molar-refractivity contribution in [1.82, 2.24) is 5.43 Å². The first-order chi connectivity index (χ1) is 12.5. The van der Waals surface area contributed by atoms with E-state index in [4.69, 9.17) is 9.47 Å². The van der Waals surface area contributed by atoms with E-state index in [1.54, 1.807) is 43.5 Å². The van der Waals surface area contributed by atoms with E-state index in [9.17, 15) is 9.59 Å². The fourth-order valence-electron chi connectivity index (χ4n) is 2.18. The Labute approximate surface area is 152 Å². The Hall–Kier alpha value is -3.35. The van der Waals surface area contributed by atoms with Crippen LogP contribution in [0, 0.1) is 0 Å². The molecule has 2 aromatic rings. The third-order valence-corrected chi connectivity index (χ3v) is 3.33. The minimum atomic E-state index is -0.353. The van der Waals surface area contributed by atoms with Gasteiger partial charge in [-0.25, -0.2) is 5.43 Å². The van der Waals surface area contributed by atoms with Gasteiger partial charge in [-0.1, -0.05) is 0 Å². The summed E-state index contributed by atoms with van der Waals surface area (Å²) in [5, 5.41) is 6.59. The number of carbonyl (C=O) groups is 2. The summed E-state index contributed by atoms with van der Waals surface area (Å²) >= 11 is 0. The average molecular weight is 355 g/mol. The van der Waals surface area contributed by atoms with Crippen LogP contribution in [0.4, 0.5) is 5.69 Å². The Balaban J connectivity index is 1.99. The van der Waals surface area contributed by atoms with E-state index in [1.807, 2.05) is 13.0 Å². The van der Waals surface area contributed by atoms with Crippen molar-refractivity contribution in [1.29, 1.82) is 0 Å². The van der Waals surface area contributed by atoms with Gasteiger partial charge in [-0.2, -0.15) is 5.10 Å². The van der Waals surface area contributed by atoms with E-state index in [2.05, 4.69) is 15.8 Å². The SMILES string of the molecule is CCOc1ccc(C=NNC(=O)c2ccc(NC(C)=O)cc2)cc1OC. The van der Waals surface area contributed by atoms with Gasteiger partial charge in [-0.15, -0.1) is 0 Å². The summed E-state index contributed by atoms with van der Waals surface area (Å²) in [6, 6.07) is 11.9. The zero-order valence-corrected chi connectivity index (χ0v) is 14.9. The van der Waals surface area contributed by atoms with Gasteiger partial charge in [0.2, 0.25) is 5.91 Å². The molecule has 0 aliphatic carbocycles. The molecule has 0 heterocycles. The van der Waals surface area contributed by atoms with Crippen molar-refractivity contribution < 1.29 is 19.1 Å². The zero-order chi connectivity index (χ0) is 18.9. The predicted molar refractivity (Wildman–Crippen MR) is 100.0 cm³/mol. The number of nitrogens with one attached hydrogen (secondary N) is 2. The molecule has 0 atom stereocenters. The first kappa shape index (κ1) is 19.0. The minimum Gasteiger partial charge on any atom is -0.493 e. The Morgan fingerprint density at radius 1 is 1.12 bits per heavy atom. The van der Waals surface area contributed by atoms with Crippen molar-refractivity contribution in [2.24, 2.45) is 5.10 Å². The molecule has 0 bridgehead atoms. The van der Waals surface area contributed by atoms with Crippen LogP contribution in [0.2, 0.25) is 0 Å². The van der Waals surface area contributed by atoms with Gasteiger partial charge in [0.05, 0.1) is 19.9 Å². The molecule has 0 spiro atoms. The highest BCUT2D eigenvalue weighted by atomic mass is 16.5. The molecule has 2 N–H and O–H groups in total. The van der Waals surface area contributed by atoms with Crippen molar-refractivity contribution >= 4 is 23.7 Å². The number of carbonyl (C=O) groups excluding carboxylic acids is 2. The van der Waals surface area contributed by atoms with Crippen LogP contribution in [0.5, 0.6) is 11.5 Å². The summed E-state index contributed by atoms with van der Waals surface area (Å²) in [5.41, 5.74) is 4.27. The molecule has 0 saturated heterocycles. The molecule has 26 heavy (non-hydrogen) atoms. The predicted octanol–water partition coefficient (Wildman–Crippen LogP) is 2.82.